The fraction of sp³-hybridized carbons (Fsp3) is 0.133. The Bertz CT molecular complexity index is 567. The van der Waals surface area contributed by atoms with Crippen LogP contribution in [0, 0.1) is 0 Å². The molecule has 0 aliphatic rings. The van der Waals surface area contributed by atoms with Crippen LogP contribution in [0.4, 0.5) is 0 Å². The van der Waals surface area contributed by atoms with E-state index in [0.29, 0.717) is 6.42 Å². The molecule has 4 nitrogen and oxygen atoms in total. The van der Waals surface area contributed by atoms with Gasteiger partial charge in [0, 0.05) is 10.6 Å². The van der Waals surface area contributed by atoms with E-state index in [4.69, 9.17) is 5.84 Å². The van der Waals surface area contributed by atoms with Gasteiger partial charge in [0.25, 0.3) is 0 Å². The highest BCUT2D eigenvalue weighted by Gasteiger charge is 2.02. The summed E-state index contributed by atoms with van der Waals surface area (Å²) >= 11 is 1.70. The van der Waals surface area contributed by atoms with Crippen LogP contribution in [0.25, 0.3) is 0 Å². The lowest BCUT2D eigenvalue weighted by molar-refractivity contribution is -0.120. The van der Waals surface area contributed by atoms with E-state index in [1.165, 1.54) is 5.56 Å². The molecule has 0 bridgehead atoms. The molecule has 0 radical (unpaired) electrons. The highest BCUT2D eigenvalue weighted by molar-refractivity contribution is 7.98. The third-order valence-corrected chi connectivity index (χ3v) is 3.87. The lowest BCUT2D eigenvalue weighted by Gasteiger charge is -2.04. The first-order chi connectivity index (χ1) is 9.67. The number of rotatable bonds is 5. The first-order valence-electron chi connectivity index (χ1n) is 6.16. The number of phenolic OH excluding ortho intramolecular Hbond substituents is 1. The molecule has 1 amide bonds. The van der Waals surface area contributed by atoms with Crippen molar-refractivity contribution >= 4 is 17.7 Å². The number of phenols is 1. The van der Waals surface area contributed by atoms with Gasteiger partial charge < -0.3 is 5.11 Å². The minimum atomic E-state index is -0.198. The van der Waals surface area contributed by atoms with Crippen LogP contribution in [-0.2, 0) is 17.0 Å². The minimum Gasteiger partial charge on any atom is -0.508 e. The van der Waals surface area contributed by atoms with Crippen LogP contribution in [0.3, 0.4) is 0 Å². The SMILES string of the molecule is NNC(=O)Cc1ccc(CSc2ccc(O)cc2)cc1. The number of hydrazine groups is 1. The molecule has 2 rings (SSSR count). The molecule has 104 valence electrons. The largest absolute Gasteiger partial charge is 0.508 e. The van der Waals surface area contributed by atoms with Crippen molar-refractivity contribution in [2.75, 3.05) is 0 Å². The molecule has 0 saturated carbocycles. The number of hydrogen-bond acceptors (Lipinski definition) is 4. The van der Waals surface area contributed by atoms with Crippen molar-refractivity contribution < 1.29 is 9.90 Å². The number of nitrogens with one attached hydrogen (secondary N) is 1. The Morgan fingerprint density at radius 1 is 1.05 bits per heavy atom. The molecule has 0 heterocycles. The summed E-state index contributed by atoms with van der Waals surface area (Å²) in [6.45, 7) is 0. The lowest BCUT2D eigenvalue weighted by Crippen LogP contribution is -2.31. The fourth-order valence-electron chi connectivity index (χ4n) is 1.70. The van der Waals surface area contributed by atoms with Crippen molar-refractivity contribution in [1.29, 1.82) is 0 Å². The maximum atomic E-state index is 11.1. The lowest BCUT2D eigenvalue weighted by atomic mass is 10.1. The number of aromatic hydroxyl groups is 1. The van der Waals surface area contributed by atoms with Gasteiger partial charge >= 0.3 is 0 Å². The molecular weight excluding hydrogens is 272 g/mol. The van der Waals surface area contributed by atoms with Crippen LogP contribution in [0.1, 0.15) is 11.1 Å². The molecule has 0 saturated heterocycles. The predicted molar refractivity (Wildman–Crippen MR) is 80.1 cm³/mol. The van der Waals surface area contributed by atoms with E-state index in [-0.39, 0.29) is 11.7 Å². The average Bonchev–Trinajstić information content (AvgIpc) is 2.48. The number of thioether (sulfide) groups is 1. The molecule has 0 spiro atoms. The molecule has 20 heavy (non-hydrogen) atoms. The first kappa shape index (κ1) is 14.4. The highest BCUT2D eigenvalue weighted by atomic mass is 32.2. The van der Waals surface area contributed by atoms with E-state index >= 15 is 0 Å². The second-order valence-corrected chi connectivity index (χ2v) is 5.39. The van der Waals surface area contributed by atoms with Crippen LogP contribution in [0.15, 0.2) is 53.4 Å². The van der Waals surface area contributed by atoms with Crippen molar-refractivity contribution in [3.63, 3.8) is 0 Å². The number of carbonyl (C=O) groups excluding carboxylic acids is 1. The molecule has 0 unspecified atom stereocenters. The zero-order valence-electron chi connectivity index (χ0n) is 10.9. The molecule has 0 aliphatic carbocycles. The average molecular weight is 288 g/mol. The van der Waals surface area contributed by atoms with Crippen molar-refractivity contribution in [1.82, 2.24) is 5.43 Å². The topological polar surface area (TPSA) is 75.3 Å². The molecule has 2 aromatic carbocycles. The van der Waals surface area contributed by atoms with Gasteiger partial charge in [0.05, 0.1) is 6.42 Å². The summed E-state index contributed by atoms with van der Waals surface area (Å²) in [7, 11) is 0. The predicted octanol–water partition coefficient (Wildman–Crippen LogP) is 2.22. The van der Waals surface area contributed by atoms with Crippen LogP contribution in [-0.4, -0.2) is 11.0 Å². The third kappa shape index (κ3) is 4.29. The quantitative estimate of drug-likeness (QED) is 0.341. The fourth-order valence-corrected chi connectivity index (χ4v) is 2.55. The van der Waals surface area contributed by atoms with Crippen molar-refractivity contribution in [3.8, 4) is 5.75 Å². The van der Waals surface area contributed by atoms with E-state index in [0.717, 1.165) is 16.2 Å². The summed E-state index contributed by atoms with van der Waals surface area (Å²) in [5.41, 5.74) is 4.23. The van der Waals surface area contributed by atoms with Gasteiger partial charge in [-0.05, 0) is 35.4 Å². The zero-order chi connectivity index (χ0) is 14.4. The van der Waals surface area contributed by atoms with Gasteiger partial charge in [0.15, 0.2) is 0 Å². The van der Waals surface area contributed by atoms with E-state index in [1.54, 1.807) is 23.9 Å². The van der Waals surface area contributed by atoms with Gasteiger partial charge in [-0.25, -0.2) is 5.84 Å². The summed E-state index contributed by atoms with van der Waals surface area (Å²) in [4.78, 5) is 12.2. The van der Waals surface area contributed by atoms with Gasteiger partial charge in [-0.3, -0.25) is 10.2 Å². The minimum absolute atomic E-state index is 0.198. The first-order valence-corrected chi connectivity index (χ1v) is 7.15. The van der Waals surface area contributed by atoms with Crippen molar-refractivity contribution in [2.24, 2.45) is 5.84 Å². The normalized spacial score (nSPS) is 10.2. The van der Waals surface area contributed by atoms with Crippen molar-refractivity contribution in [2.45, 2.75) is 17.1 Å². The number of amides is 1. The standard InChI is InChI=1S/C15H16N2O2S/c16-17-15(19)9-11-1-3-12(4-2-11)10-20-14-7-5-13(18)6-8-14/h1-8,18H,9-10,16H2,(H,17,19). The monoisotopic (exact) mass is 288 g/mol. The smallest absolute Gasteiger partial charge is 0.238 e. The van der Waals surface area contributed by atoms with Gasteiger partial charge in [-0.15, -0.1) is 11.8 Å². The Balaban J connectivity index is 1.90. The van der Waals surface area contributed by atoms with E-state index < -0.39 is 0 Å². The Morgan fingerprint density at radius 3 is 2.25 bits per heavy atom. The maximum absolute atomic E-state index is 11.1. The maximum Gasteiger partial charge on any atom is 0.238 e. The summed E-state index contributed by atoms with van der Waals surface area (Å²) in [6, 6.07) is 15.0. The molecular formula is C15H16N2O2S. The molecule has 2 aromatic rings. The van der Waals surface area contributed by atoms with E-state index in [2.05, 4.69) is 5.43 Å². The molecule has 0 aromatic heterocycles. The van der Waals surface area contributed by atoms with Gasteiger partial charge in [-0.1, -0.05) is 24.3 Å². The molecule has 0 fully saturated rings. The van der Waals surface area contributed by atoms with Crippen molar-refractivity contribution in [3.05, 3.63) is 59.7 Å². The summed E-state index contributed by atoms with van der Waals surface area (Å²) in [5.74, 6) is 5.97. The van der Waals surface area contributed by atoms with Gasteiger partial charge in [-0.2, -0.15) is 0 Å². The van der Waals surface area contributed by atoms with E-state index in [1.807, 2.05) is 36.4 Å². The molecule has 5 heteroatoms. The highest BCUT2D eigenvalue weighted by Crippen LogP contribution is 2.24. The van der Waals surface area contributed by atoms with E-state index in [9.17, 15) is 9.90 Å². The Kier molecular flexibility index (Phi) is 5.03. The van der Waals surface area contributed by atoms with Crippen LogP contribution in [0.5, 0.6) is 5.75 Å². The van der Waals surface area contributed by atoms with Gasteiger partial charge in [0.2, 0.25) is 5.91 Å². The molecule has 4 N–H and O–H groups in total. The summed E-state index contributed by atoms with van der Waals surface area (Å²) in [6.07, 6.45) is 0.294. The Morgan fingerprint density at radius 2 is 1.65 bits per heavy atom. The second-order valence-electron chi connectivity index (χ2n) is 4.34. The van der Waals surface area contributed by atoms with Gasteiger partial charge in [0.1, 0.15) is 5.75 Å². The molecule has 0 aliphatic heterocycles. The number of benzene rings is 2. The number of hydrogen-bond donors (Lipinski definition) is 3. The summed E-state index contributed by atoms with van der Waals surface area (Å²) in [5, 5.41) is 9.21. The zero-order valence-corrected chi connectivity index (χ0v) is 11.7. The Labute approximate surface area is 122 Å². The summed E-state index contributed by atoms with van der Waals surface area (Å²) < 4.78 is 0. The number of carbonyl (C=O) groups is 1. The third-order valence-electron chi connectivity index (χ3n) is 2.79. The molecule has 0 atom stereocenters. The Hall–Kier alpha value is -1.98. The van der Waals surface area contributed by atoms with Crippen LogP contribution in [0.2, 0.25) is 0 Å². The second kappa shape index (κ2) is 6.98. The van der Waals surface area contributed by atoms with Crippen LogP contribution < -0.4 is 11.3 Å². The van der Waals surface area contributed by atoms with Crippen LogP contribution >= 0.6 is 11.8 Å². The number of nitrogens with two attached hydrogens (primary N) is 1.